The summed E-state index contributed by atoms with van der Waals surface area (Å²) in [5.74, 6) is -0.553. The van der Waals surface area contributed by atoms with Gasteiger partial charge in [0.25, 0.3) is 5.91 Å². The van der Waals surface area contributed by atoms with Crippen LogP contribution in [-0.4, -0.2) is 37.7 Å². The maximum absolute atomic E-state index is 12.2. The molecule has 130 valence electrons. The lowest BCUT2D eigenvalue weighted by Gasteiger charge is -2.20. The molecule has 24 heavy (non-hydrogen) atoms. The Morgan fingerprint density at radius 3 is 2.46 bits per heavy atom. The van der Waals surface area contributed by atoms with Crippen molar-refractivity contribution in [2.24, 2.45) is 5.92 Å². The van der Waals surface area contributed by atoms with Crippen LogP contribution in [-0.2, 0) is 19.1 Å². The summed E-state index contributed by atoms with van der Waals surface area (Å²) >= 11 is 0. The highest BCUT2D eigenvalue weighted by Gasteiger charge is 2.20. The maximum Gasteiger partial charge on any atom is 0.335 e. The number of benzene rings is 1. The van der Waals surface area contributed by atoms with Gasteiger partial charge in [-0.2, -0.15) is 5.26 Å². The fourth-order valence-electron chi connectivity index (χ4n) is 1.88. The van der Waals surface area contributed by atoms with E-state index in [1.54, 1.807) is 31.2 Å². The van der Waals surface area contributed by atoms with Gasteiger partial charge in [0.15, 0.2) is 12.7 Å². The molecule has 1 rings (SSSR count). The second-order valence-electron chi connectivity index (χ2n) is 5.78. The lowest BCUT2D eigenvalue weighted by molar-refractivity contribution is -0.158. The van der Waals surface area contributed by atoms with E-state index < -0.39 is 24.6 Å². The molecule has 1 aromatic rings. The standard InChI is InChI=1S/C18H24N2O4/c1-14(2)9-12-23-15(3)18(22)24-13-17(21)20(11-10-19)16-7-5-4-6-8-16/h4-8,14-15H,9,11-13H2,1-3H3. The summed E-state index contributed by atoms with van der Waals surface area (Å²) in [6, 6.07) is 10.7. The number of hydrogen-bond acceptors (Lipinski definition) is 5. The van der Waals surface area contributed by atoms with Crippen molar-refractivity contribution in [2.75, 3.05) is 24.7 Å². The van der Waals surface area contributed by atoms with E-state index in [-0.39, 0.29) is 6.54 Å². The smallest absolute Gasteiger partial charge is 0.335 e. The van der Waals surface area contributed by atoms with Crippen LogP contribution in [0.1, 0.15) is 27.2 Å². The number of carbonyl (C=O) groups is 2. The molecule has 0 aliphatic carbocycles. The van der Waals surface area contributed by atoms with Crippen LogP contribution in [0.5, 0.6) is 0 Å². The second kappa shape index (κ2) is 10.4. The summed E-state index contributed by atoms with van der Waals surface area (Å²) in [4.78, 5) is 25.4. The summed E-state index contributed by atoms with van der Waals surface area (Å²) in [5, 5.41) is 8.88. The first kappa shape index (κ1) is 19.7. The first-order chi connectivity index (χ1) is 11.5. The van der Waals surface area contributed by atoms with Gasteiger partial charge in [-0.25, -0.2) is 4.79 Å². The van der Waals surface area contributed by atoms with E-state index in [9.17, 15) is 9.59 Å². The molecule has 0 bridgehead atoms. The molecule has 1 aromatic carbocycles. The number of ether oxygens (including phenoxy) is 2. The van der Waals surface area contributed by atoms with E-state index >= 15 is 0 Å². The minimum atomic E-state index is -0.724. The van der Waals surface area contributed by atoms with E-state index in [1.165, 1.54) is 4.90 Å². The monoisotopic (exact) mass is 332 g/mol. The molecule has 1 atom stereocenters. The number of nitrogens with zero attached hydrogens (tertiary/aromatic N) is 2. The fourth-order valence-corrected chi connectivity index (χ4v) is 1.88. The van der Waals surface area contributed by atoms with Gasteiger partial charge in [0.05, 0.1) is 6.07 Å². The molecule has 0 aliphatic rings. The number of rotatable bonds is 9. The van der Waals surface area contributed by atoms with Gasteiger partial charge in [-0.3, -0.25) is 9.69 Å². The van der Waals surface area contributed by atoms with Crippen molar-refractivity contribution in [3.05, 3.63) is 30.3 Å². The average molecular weight is 332 g/mol. The van der Waals surface area contributed by atoms with Gasteiger partial charge in [0.1, 0.15) is 6.54 Å². The van der Waals surface area contributed by atoms with Crippen molar-refractivity contribution in [3.63, 3.8) is 0 Å². The Hall–Kier alpha value is -2.39. The Morgan fingerprint density at radius 1 is 1.21 bits per heavy atom. The highest BCUT2D eigenvalue weighted by Crippen LogP contribution is 2.13. The van der Waals surface area contributed by atoms with Crippen molar-refractivity contribution in [3.8, 4) is 6.07 Å². The Balaban J connectivity index is 2.50. The van der Waals surface area contributed by atoms with Gasteiger partial charge in [-0.05, 0) is 31.4 Å². The molecule has 0 aromatic heterocycles. The van der Waals surface area contributed by atoms with Crippen LogP contribution in [0, 0.1) is 17.2 Å². The Bertz CT molecular complexity index is 566. The molecule has 0 saturated heterocycles. The molecule has 0 aliphatic heterocycles. The third-order valence-corrected chi connectivity index (χ3v) is 3.33. The largest absolute Gasteiger partial charge is 0.454 e. The molecule has 1 amide bonds. The molecule has 0 saturated carbocycles. The van der Waals surface area contributed by atoms with Crippen molar-refractivity contribution < 1.29 is 19.1 Å². The molecule has 0 heterocycles. The van der Waals surface area contributed by atoms with Gasteiger partial charge in [0, 0.05) is 12.3 Å². The van der Waals surface area contributed by atoms with Crippen LogP contribution >= 0.6 is 0 Å². The zero-order chi connectivity index (χ0) is 17.9. The second-order valence-corrected chi connectivity index (χ2v) is 5.78. The van der Waals surface area contributed by atoms with E-state index in [2.05, 4.69) is 13.8 Å². The molecule has 6 heteroatoms. The van der Waals surface area contributed by atoms with Crippen molar-refractivity contribution >= 4 is 17.6 Å². The van der Waals surface area contributed by atoms with E-state index in [1.807, 2.05) is 12.1 Å². The Labute approximate surface area is 143 Å². The topological polar surface area (TPSA) is 79.6 Å². The minimum Gasteiger partial charge on any atom is -0.454 e. The number of anilines is 1. The van der Waals surface area contributed by atoms with Gasteiger partial charge in [0.2, 0.25) is 0 Å². The zero-order valence-electron chi connectivity index (χ0n) is 14.4. The van der Waals surface area contributed by atoms with E-state index in [4.69, 9.17) is 14.7 Å². The first-order valence-corrected chi connectivity index (χ1v) is 7.96. The van der Waals surface area contributed by atoms with Gasteiger partial charge in [-0.15, -0.1) is 0 Å². The molecule has 0 radical (unpaired) electrons. The van der Waals surface area contributed by atoms with Gasteiger partial charge < -0.3 is 9.47 Å². The highest BCUT2D eigenvalue weighted by molar-refractivity contribution is 5.95. The fraction of sp³-hybridized carbons (Fsp3) is 0.500. The summed E-state index contributed by atoms with van der Waals surface area (Å²) in [6.07, 6.45) is 0.123. The van der Waals surface area contributed by atoms with Crippen molar-refractivity contribution in [1.29, 1.82) is 5.26 Å². The van der Waals surface area contributed by atoms with Crippen LogP contribution in [0.2, 0.25) is 0 Å². The van der Waals surface area contributed by atoms with Crippen molar-refractivity contribution in [2.45, 2.75) is 33.3 Å². The lowest BCUT2D eigenvalue weighted by atomic mass is 10.1. The highest BCUT2D eigenvalue weighted by atomic mass is 16.6. The number of para-hydroxylation sites is 1. The number of hydrogen-bond donors (Lipinski definition) is 0. The third kappa shape index (κ3) is 6.80. The molecule has 1 unspecified atom stereocenters. The number of esters is 1. The predicted octanol–water partition coefficient (Wildman–Crippen LogP) is 2.54. The third-order valence-electron chi connectivity index (χ3n) is 3.33. The summed E-state index contributed by atoms with van der Waals surface area (Å²) in [6.45, 7) is 5.66. The number of amides is 1. The van der Waals surface area contributed by atoms with Gasteiger partial charge in [-0.1, -0.05) is 32.0 Å². The molecule has 0 fully saturated rings. The van der Waals surface area contributed by atoms with Crippen LogP contribution in [0.15, 0.2) is 30.3 Å². The van der Waals surface area contributed by atoms with Crippen LogP contribution in [0.25, 0.3) is 0 Å². The normalized spacial score (nSPS) is 11.6. The molecular weight excluding hydrogens is 308 g/mol. The average Bonchev–Trinajstić information content (AvgIpc) is 2.57. The van der Waals surface area contributed by atoms with E-state index in [0.717, 1.165) is 6.42 Å². The summed E-state index contributed by atoms with van der Waals surface area (Å²) < 4.78 is 10.4. The number of carbonyl (C=O) groups excluding carboxylic acids is 2. The zero-order valence-corrected chi connectivity index (χ0v) is 14.4. The lowest BCUT2D eigenvalue weighted by Crippen LogP contribution is -2.36. The SMILES string of the molecule is CC(C)CCOC(C)C(=O)OCC(=O)N(CC#N)c1ccccc1. The summed E-state index contributed by atoms with van der Waals surface area (Å²) in [7, 11) is 0. The molecule has 0 N–H and O–H groups in total. The molecule has 6 nitrogen and oxygen atoms in total. The maximum atomic E-state index is 12.2. The molecular formula is C18H24N2O4. The Morgan fingerprint density at radius 2 is 1.88 bits per heavy atom. The first-order valence-electron chi connectivity index (χ1n) is 7.96. The minimum absolute atomic E-state index is 0.110. The van der Waals surface area contributed by atoms with Crippen LogP contribution < -0.4 is 4.90 Å². The molecule has 0 spiro atoms. The number of nitriles is 1. The van der Waals surface area contributed by atoms with Crippen LogP contribution in [0.4, 0.5) is 5.69 Å². The van der Waals surface area contributed by atoms with E-state index in [0.29, 0.717) is 18.2 Å². The van der Waals surface area contributed by atoms with Gasteiger partial charge >= 0.3 is 5.97 Å². The van der Waals surface area contributed by atoms with Crippen molar-refractivity contribution in [1.82, 2.24) is 0 Å². The van der Waals surface area contributed by atoms with Crippen LogP contribution in [0.3, 0.4) is 0 Å². The predicted molar refractivity (Wildman–Crippen MR) is 90.2 cm³/mol. The summed E-state index contributed by atoms with van der Waals surface area (Å²) in [5.41, 5.74) is 0.585. The quantitative estimate of drug-likeness (QED) is 0.513. The Kier molecular flexibility index (Phi) is 8.52.